The van der Waals surface area contributed by atoms with Crippen molar-refractivity contribution in [2.45, 2.75) is 13.0 Å². The maximum absolute atomic E-state index is 13.4. The van der Waals surface area contributed by atoms with Crippen molar-refractivity contribution in [1.82, 2.24) is 4.98 Å². The number of hydrogen-bond acceptors (Lipinski definition) is 8. The third-order valence-corrected chi connectivity index (χ3v) is 6.94. The molecule has 0 saturated carbocycles. The molecule has 3 aromatic carbocycles. The van der Waals surface area contributed by atoms with Gasteiger partial charge in [-0.3, -0.25) is 24.6 Å². The number of carbonyl (C=O) groups excluding carboxylic acids is 2. The average molecular weight is 502 g/mol. The highest BCUT2D eigenvalue weighted by Crippen LogP contribution is 2.45. The standard InChI is InChI=1S/C26H19N3O6S/c1-14-9-10-19-20(11-14)36-26(27-19)28-22(15-5-3-7-17(12-15)29(33)34)21(24(31)25(28)32)23(30)16-6-4-8-18(13-16)35-2/h3-13,22,30H,1-2H3/t22-/m1/s1. The van der Waals surface area contributed by atoms with E-state index in [0.29, 0.717) is 16.8 Å². The number of nitrogens with zero attached hydrogens (tertiary/aromatic N) is 3. The molecule has 0 spiro atoms. The van der Waals surface area contributed by atoms with E-state index in [-0.39, 0.29) is 22.0 Å². The van der Waals surface area contributed by atoms with Crippen LogP contribution in [0.5, 0.6) is 5.75 Å². The minimum absolute atomic E-state index is 0.191. The summed E-state index contributed by atoms with van der Waals surface area (Å²) in [6.45, 7) is 1.93. The lowest BCUT2D eigenvalue weighted by atomic mass is 9.95. The Morgan fingerprint density at radius 3 is 2.64 bits per heavy atom. The molecule has 5 rings (SSSR count). The van der Waals surface area contributed by atoms with Crippen molar-refractivity contribution in [1.29, 1.82) is 0 Å². The number of aliphatic hydroxyl groups is 1. The van der Waals surface area contributed by atoms with Crippen molar-refractivity contribution in [2.75, 3.05) is 12.0 Å². The molecule has 2 heterocycles. The van der Waals surface area contributed by atoms with Crippen LogP contribution in [0.25, 0.3) is 16.0 Å². The van der Waals surface area contributed by atoms with E-state index in [1.54, 1.807) is 24.3 Å². The third-order valence-electron chi connectivity index (χ3n) is 5.92. The van der Waals surface area contributed by atoms with Gasteiger partial charge in [-0.05, 0) is 42.3 Å². The van der Waals surface area contributed by atoms with Gasteiger partial charge in [0.1, 0.15) is 11.5 Å². The number of amides is 1. The van der Waals surface area contributed by atoms with E-state index in [2.05, 4.69) is 4.98 Å². The molecule has 9 nitrogen and oxygen atoms in total. The molecule has 1 fully saturated rings. The largest absolute Gasteiger partial charge is 0.507 e. The first-order valence-corrected chi connectivity index (χ1v) is 11.7. The number of anilines is 1. The molecular weight excluding hydrogens is 482 g/mol. The molecule has 1 aromatic heterocycles. The second-order valence-electron chi connectivity index (χ2n) is 8.22. The van der Waals surface area contributed by atoms with E-state index in [0.717, 1.165) is 10.3 Å². The fourth-order valence-electron chi connectivity index (χ4n) is 4.20. The predicted octanol–water partition coefficient (Wildman–Crippen LogP) is 5.15. The molecule has 1 aliphatic rings. The molecule has 0 unspecified atom stereocenters. The molecule has 4 aromatic rings. The lowest BCUT2D eigenvalue weighted by Gasteiger charge is -2.22. The Labute approximate surface area is 209 Å². The molecule has 10 heteroatoms. The first-order valence-electron chi connectivity index (χ1n) is 10.9. The second-order valence-corrected chi connectivity index (χ2v) is 9.23. The quantitative estimate of drug-likeness (QED) is 0.132. The van der Waals surface area contributed by atoms with Crippen LogP contribution in [-0.4, -0.2) is 33.8 Å². The summed E-state index contributed by atoms with van der Waals surface area (Å²) < 4.78 is 6.04. The van der Waals surface area contributed by atoms with Crippen LogP contribution in [0.4, 0.5) is 10.8 Å². The van der Waals surface area contributed by atoms with E-state index < -0.39 is 28.4 Å². The van der Waals surface area contributed by atoms with Crippen molar-refractivity contribution in [3.63, 3.8) is 0 Å². The van der Waals surface area contributed by atoms with E-state index in [9.17, 15) is 24.8 Å². The maximum atomic E-state index is 13.4. The van der Waals surface area contributed by atoms with Gasteiger partial charge in [0.05, 0.1) is 33.9 Å². The molecule has 0 aliphatic carbocycles. The predicted molar refractivity (Wildman–Crippen MR) is 135 cm³/mol. The molecule has 1 aliphatic heterocycles. The average Bonchev–Trinajstić information content (AvgIpc) is 3.41. The molecule has 1 saturated heterocycles. The number of thiazole rings is 1. The van der Waals surface area contributed by atoms with Crippen LogP contribution >= 0.6 is 11.3 Å². The number of fused-ring (bicyclic) bond motifs is 1. The lowest BCUT2D eigenvalue weighted by Crippen LogP contribution is -2.29. The summed E-state index contributed by atoms with van der Waals surface area (Å²) in [7, 11) is 1.47. The molecule has 36 heavy (non-hydrogen) atoms. The number of Topliss-reactive ketones (excluding diaryl/α,β-unsaturated/α-hetero) is 1. The van der Waals surface area contributed by atoms with Gasteiger partial charge in [-0.2, -0.15) is 0 Å². The lowest BCUT2D eigenvalue weighted by molar-refractivity contribution is -0.384. The Balaban J connectivity index is 1.75. The highest BCUT2D eigenvalue weighted by Gasteiger charge is 2.48. The smallest absolute Gasteiger partial charge is 0.301 e. The Bertz CT molecular complexity index is 1590. The summed E-state index contributed by atoms with van der Waals surface area (Å²) in [6, 6.07) is 16.6. The van der Waals surface area contributed by atoms with Gasteiger partial charge in [-0.15, -0.1) is 0 Å². The normalized spacial score (nSPS) is 17.1. The first kappa shape index (κ1) is 23.2. The Morgan fingerprint density at radius 2 is 1.89 bits per heavy atom. The van der Waals surface area contributed by atoms with Gasteiger partial charge in [-0.25, -0.2) is 4.98 Å². The summed E-state index contributed by atoms with van der Waals surface area (Å²) in [5.74, 6) is -1.76. The van der Waals surface area contributed by atoms with Gasteiger partial charge in [0.15, 0.2) is 5.13 Å². The summed E-state index contributed by atoms with van der Waals surface area (Å²) >= 11 is 1.22. The molecule has 180 valence electrons. The zero-order valence-electron chi connectivity index (χ0n) is 19.2. The summed E-state index contributed by atoms with van der Waals surface area (Å²) in [4.78, 5) is 43.4. The number of aliphatic hydroxyl groups excluding tert-OH is 1. The number of ketones is 1. The third kappa shape index (κ3) is 3.87. The summed E-state index contributed by atoms with van der Waals surface area (Å²) in [5.41, 5.74) is 1.82. The topological polar surface area (TPSA) is 123 Å². The minimum atomic E-state index is -1.13. The molecule has 1 atom stereocenters. The highest BCUT2D eigenvalue weighted by molar-refractivity contribution is 7.22. The minimum Gasteiger partial charge on any atom is -0.507 e. The molecule has 0 radical (unpaired) electrons. The molecular formula is C26H19N3O6S. The number of benzene rings is 3. The van der Waals surface area contributed by atoms with Crippen molar-refractivity contribution in [3.8, 4) is 5.75 Å². The number of nitro groups is 1. The number of hydrogen-bond donors (Lipinski definition) is 1. The van der Waals surface area contributed by atoms with Gasteiger partial charge in [-0.1, -0.05) is 41.7 Å². The molecule has 1 N–H and O–H groups in total. The van der Waals surface area contributed by atoms with Gasteiger partial charge in [0.2, 0.25) is 0 Å². The van der Waals surface area contributed by atoms with Gasteiger partial charge in [0, 0.05) is 17.7 Å². The molecule has 1 amide bonds. The van der Waals surface area contributed by atoms with Crippen LogP contribution < -0.4 is 9.64 Å². The number of aryl methyl sites for hydroxylation is 1. The van der Waals surface area contributed by atoms with Crippen molar-refractivity contribution >= 4 is 49.8 Å². The number of ether oxygens (including phenoxy) is 1. The zero-order chi connectivity index (χ0) is 25.6. The Hall–Kier alpha value is -4.57. The highest BCUT2D eigenvalue weighted by atomic mass is 32.1. The van der Waals surface area contributed by atoms with E-state index >= 15 is 0 Å². The number of non-ortho nitro benzene ring substituents is 1. The van der Waals surface area contributed by atoms with E-state index in [1.807, 2.05) is 25.1 Å². The first-order chi connectivity index (χ1) is 17.3. The van der Waals surface area contributed by atoms with Gasteiger partial charge < -0.3 is 9.84 Å². The van der Waals surface area contributed by atoms with E-state index in [1.165, 1.54) is 47.6 Å². The summed E-state index contributed by atoms with van der Waals surface area (Å²) in [6.07, 6.45) is 0. The number of carbonyl (C=O) groups is 2. The fourth-order valence-corrected chi connectivity index (χ4v) is 5.29. The van der Waals surface area contributed by atoms with Crippen molar-refractivity contribution in [2.24, 2.45) is 0 Å². The van der Waals surface area contributed by atoms with Crippen LogP contribution in [0.3, 0.4) is 0 Å². The van der Waals surface area contributed by atoms with Crippen LogP contribution in [0.15, 0.2) is 72.3 Å². The van der Waals surface area contributed by atoms with Crippen LogP contribution in [-0.2, 0) is 9.59 Å². The number of aromatic nitrogens is 1. The van der Waals surface area contributed by atoms with Crippen molar-refractivity contribution in [3.05, 3.63) is 99.1 Å². The van der Waals surface area contributed by atoms with Gasteiger partial charge >= 0.3 is 5.91 Å². The maximum Gasteiger partial charge on any atom is 0.301 e. The van der Waals surface area contributed by atoms with Crippen molar-refractivity contribution < 1.29 is 24.4 Å². The number of rotatable bonds is 5. The Morgan fingerprint density at radius 1 is 1.11 bits per heavy atom. The summed E-state index contributed by atoms with van der Waals surface area (Å²) in [5, 5.41) is 23.0. The number of methoxy groups -OCH3 is 1. The monoisotopic (exact) mass is 501 g/mol. The SMILES string of the molecule is COc1cccc(C(O)=C2C(=O)C(=O)N(c3nc4ccc(C)cc4s3)[C@@H]2c2cccc([N+](=O)[O-])c2)c1. The van der Waals surface area contributed by atoms with E-state index in [4.69, 9.17) is 4.74 Å². The van der Waals surface area contributed by atoms with Crippen LogP contribution in [0, 0.1) is 17.0 Å². The Kier molecular flexibility index (Phi) is 5.73. The van der Waals surface area contributed by atoms with Gasteiger partial charge in [0.25, 0.3) is 11.5 Å². The molecule has 0 bridgehead atoms. The second kappa shape index (κ2) is 8.90. The van der Waals surface area contributed by atoms with Crippen LogP contribution in [0.2, 0.25) is 0 Å². The fraction of sp³-hybridized carbons (Fsp3) is 0.115. The number of nitro benzene ring substituents is 1. The van der Waals surface area contributed by atoms with Crippen LogP contribution in [0.1, 0.15) is 22.7 Å². The zero-order valence-corrected chi connectivity index (χ0v) is 20.0.